The zero-order chi connectivity index (χ0) is 14.8. The van der Waals surface area contributed by atoms with Crippen LogP contribution in [0.4, 0.5) is 0 Å². The van der Waals surface area contributed by atoms with Gasteiger partial charge in [0, 0.05) is 0 Å². The van der Waals surface area contributed by atoms with Crippen LogP contribution in [0.2, 0.25) is 0 Å². The van der Waals surface area contributed by atoms with Gasteiger partial charge in [0.05, 0.1) is 7.11 Å². The van der Waals surface area contributed by atoms with Gasteiger partial charge in [-0.15, -0.1) is 0 Å². The molecule has 1 N–H and O–H groups in total. The van der Waals surface area contributed by atoms with Crippen molar-refractivity contribution in [3.05, 3.63) is 54.1 Å². The predicted octanol–water partition coefficient (Wildman–Crippen LogP) is 3.01. The third kappa shape index (κ3) is 2.83. The first-order valence-electron chi connectivity index (χ1n) is 6.48. The molecular weight excluding hydrogens is 272 g/mol. The number of carbonyl (C=O) groups is 1. The van der Waals surface area contributed by atoms with Crippen LogP contribution >= 0.6 is 0 Å². The van der Waals surface area contributed by atoms with Crippen LogP contribution in [-0.2, 0) is 9.53 Å². The number of ether oxygens (including phenoxy) is 3. The average Bonchev–Trinajstić information content (AvgIpc) is 3.29. The Balaban J connectivity index is 1.86. The summed E-state index contributed by atoms with van der Waals surface area (Å²) in [5.74, 6) is 0.830. The number of carboxylic acid groups (broad SMARTS) is 1. The quantitative estimate of drug-likeness (QED) is 0.856. The molecule has 2 atom stereocenters. The van der Waals surface area contributed by atoms with Gasteiger partial charge in [-0.2, -0.15) is 0 Å². The van der Waals surface area contributed by atoms with E-state index in [-0.39, 0.29) is 0 Å². The molecule has 1 heterocycles. The standard InChI is InChI=1S/C16H14O5/c1-19-12-8-7-10(14-15(21-14)16(17)18)9-13(12)20-11-5-3-2-4-6-11/h2-9,14-15H,1H3,(H,17,18)/t14-,15+/m1/s1. The Morgan fingerprint density at radius 2 is 1.90 bits per heavy atom. The van der Waals surface area contributed by atoms with Crippen LogP contribution in [0.15, 0.2) is 48.5 Å². The van der Waals surface area contributed by atoms with Crippen LogP contribution < -0.4 is 9.47 Å². The van der Waals surface area contributed by atoms with Crippen molar-refractivity contribution in [3.8, 4) is 17.2 Å². The summed E-state index contributed by atoms with van der Waals surface area (Å²) in [5, 5.41) is 8.91. The molecule has 0 spiro atoms. The smallest absolute Gasteiger partial charge is 0.335 e. The van der Waals surface area contributed by atoms with E-state index in [1.165, 1.54) is 0 Å². The molecule has 5 nitrogen and oxygen atoms in total. The first-order chi connectivity index (χ1) is 10.2. The Morgan fingerprint density at radius 3 is 2.52 bits per heavy atom. The fourth-order valence-electron chi connectivity index (χ4n) is 2.12. The second-order valence-corrected chi connectivity index (χ2v) is 4.64. The van der Waals surface area contributed by atoms with Crippen molar-refractivity contribution < 1.29 is 24.1 Å². The number of para-hydroxylation sites is 1. The van der Waals surface area contributed by atoms with Crippen molar-refractivity contribution in [2.75, 3.05) is 7.11 Å². The van der Waals surface area contributed by atoms with Crippen LogP contribution in [-0.4, -0.2) is 24.3 Å². The summed E-state index contributed by atoms with van der Waals surface area (Å²) in [6, 6.07) is 14.6. The van der Waals surface area contributed by atoms with Gasteiger partial charge in [-0.25, -0.2) is 4.79 Å². The van der Waals surface area contributed by atoms with Gasteiger partial charge in [0.2, 0.25) is 0 Å². The molecule has 1 saturated heterocycles. The number of methoxy groups -OCH3 is 1. The van der Waals surface area contributed by atoms with Crippen LogP contribution in [0.25, 0.3) is 0 Å². The normalized spacial score (nSPS) is 19.9. The lowest BCUT2D eigenvalue weighted by atomic mass is 10.1. The lowest BCUT2D eigenvalue weighted by Crippen LogP contribution is -2.05. The van der Waals surface area contributed by atoms with Crippen molar-refractivity contribution in [2.24, 2.45) is 0 Å². The van der Waals surface area contributed by atoms with Crippen molar-refractivity contribution in [3.63, 3.8) is 0 Å². The summed E-state index contributed by atoms with van der Waals surface area (Å²) in [4.78, 5) is 10.9. The molecule has 0 aromatic heterocycles. The molecule has 1 aliphatic heterocycles. The van der Waals surface area contributed by atoms with E-state index in [0.29, 0.717) is 17.2 Å². The van der Waals surface area contributed by atoms with E-state index in [9.17, 15) is 4.79 Å². The van der Waals surface area contributed by atoms with Crippen molar-refractivity contribution in [1.29, 1.82) is 0 Å². The van der Waals surface area contributed by atoms with Crippen LogP contribution in [0.1, 0.15) is 11.7 Å². The minimum Gasteiger partial charge on any atom is -0.493 e. The predicted molar refractivity (Wildman–Crippen MR) is 74.8 cm³/mol. The van der Waals surface area contributed by atoms with Gasteiger partial charge in [0.25, 0.3) is 0 Å². The van der Waals surface area contributed by atoms with Gasteiger partial charge in [0.1, 0.15) is 11.9 Å². The fourth-order valence-corrected chi connectivity index (χ4v) is 2.12. The van der Waals surface area contributed by atoms with E-state index in [0.717, 1.165) is 5.56 Å². The summed E-state index contributed by atoms with van der Waals surface area (Å²) in [5.41, 5.74) is 0.758. The summed E-state index contributed by atoms with van der Waals surface area (Å²) in [7, 11) is 1.56. The summed E-state index contributed by atoms with van der Waals surface area (Å²) < 4.78 is 16.2. The van der Waals surface area contributed by atoms with E-state index in [1.807, 2.05) is 30.3 Å². The van der Waals surface area contributed by atoms with E-state index in [2.05, 4.69) is 0 Å². The van der Waals surface area contributed by atoms with Crippen molar-refractivity contribution in [1.82, 2.24) is 0 Å². The van der Waals surface area contributed by atoms with E-state index in [4.69, 9.17) is 19.3 Å². The highest BCUT2D eigenvalue weighted by Gasteiger charge is 2.46. The summed E-state index contributed by atoms with van der Waals surface area (Å²) >= 11 is 0. The Morgan fingerprint density at radius 1 is 1.14 bits per heavy atom. The Bertz CT molecular complexity index is 653. The first-order valence-corrected chi connectivity index (χ1v) is 6.48. The molecule has 108 valence electrons. The molecule has 0 saturated carbocycles. The molecule has 0 amide bonds. The number of hydrogen-bond donors (Lipinski definition) is 1. The Hall–Kier alpha value is -2.53. The van der Waals surface area contributed by atoms with E-state index in [1.54, 1.807) is 25.3 Å². The van der Waals surface area contributed by atoms with Gasteiger partial charge < -0.3 is 19.3 Å². The number of carboxylic acids is 1. The van der Waals surface area contributed by atoms with Gasteiger partial charge in [-0.3, -0.25) is 0 Å². The maximum atomic E-state index is 10.9. The molecular formula is C16H14O5. The van der Waals surface area contributed by atoms with Crippen LogP contribution in [0.5, 0.6) is 17.2 Å². The highest BCUT2D eigenvalue weighted by Crippen LogP contribution is 2.42. The number of rotatable bonds is 5. The molecule has 21 heavy (non-hydrogen) atoms. The maximum absolute atomic E-state index is 10.9. The topological polar surface area (TPSA) is 68.3 Å². The molecule has 1 fully saturated rings. The molecule has 1 aliphatic rings. The minimum absolute atomic E-state index is 0.425. The average molecular weight is 286 g/mol. The zero-order valence-electron chi connectivity index (χ0n) is 11.4. The Labute approximate surface area is 121 Å². The molecule has 3 rings (SSSR count). The molecule has 0 unspecified atom stereocenters. The number of aliphatic carboxylic acids is 1. The lowest BCUT2D eigenvalue weighted by Gasteiger charge is -2.11. The molecule has 0 bridgehead atoms. The van der Waals surface area contributed by atoms with Gasteiger partial charge >= 0.3 is 5.97 Å². The second kappa shape index (κ2) is 5.46. The minimum atomic E-state index is -0.957. The maximum Gasteiger partial charge on any atom is 0.335 e. The largest absolute Gasteiger partial charge is 0.493 e. The second-order valence-electron chi connectivity index (χ2n) is 4.64. The van der Waals surface area contributed by atoms with E-state index >= 15 is 0 Å². The number of benzene rings is 2. The highest BCUT2D eigenvalue weighted by atomic mass is 16.6. The highest BCUT2D eigenvalue weighted by molar-refractivity contribution is 5.76. The van der Waals surface area contributed by atoms with E-state index < -0.39 is 18.2 Å². The van der Waals surface area contributed by atoms with Gasteiger partial charge in [-0.1, -0.05) is 24.3 Å². The summed E-state index contributed by atoms with van der Waals surface area (Å²) in [6.07, 6.45) is -1.20. The van der Waals surface area contributed by atoms with Crippen molar-refractivity contribution in [2.45, 2.75) is 12.2 Å². The lowest BCUT2D eigenvalue weighted by molar-refractivity contribution is -0.138. The number of hydrogen-bond acceptors (Lipinski definition) is 4. The third-order valence-electron chi connectivity index (χ3n) is 3.22. The monoisotopic (exact) mass is 286 g/mol. The molecule has 0 aliphatic carbocycles. The van der Waals surface area contributed by atoms with Crippen LogP contribution in [0.3, 0.4) is 0 Å². The summed E-state index contributed by atoms with van der Waals surface area (Å²) in [6.45, 7) is 0. The molecule has 0 radical (unpaired) electrons. The zero-order valence-corrected chi connectivity index (χ0v) is 11.4. The van der Waals surface area contributed by atoms with Gasteiger partial charge in [0.15, 0.2) is 17.6 Å². The third-order valence-corrected chi connectivity index (χ3v) is 3.22. The number of epoxide rings is 1. The fraction of sp³-hybridized carbons (Fsp3) is 0.188. The molecule has 2 aromatic rings. The van der Waals surface area contributed by atoms with Gasteiger partial charge in [-0.05, 0) is 29.8 Å². The SMILES string of the molecule is COc1ccc([C@H]2O[C@@H]2C(=O)O)cc1Oc1ccccc1. The van der Waals surface area contributed by atoms with Crippen molar-refractivity contribution >= 4 is 5.97 Å². The molecule has 5 heteroatoms. The van der Waals surface area contributed by atoms with Crippen LogP contribution in [0, 0.1) is 0 Å². The Kier molecular flexibility index (Phi) is 3.50. The first kappa shape index (κ1) is 13.5. The molecule has 2 aromatic carbocycles.